The fraction of sp³-hybridized carbons (Fsp3) is 0.375. The molecule has 0 radical (unpaired) electrons. The summed E-state index contributed by atoms with van der Waals surface area (Å²) in [6, 6.07) is 2.26. The van der Waals surface area contributed by atoms with Crippen molar-refractivity contribution in [1.82, 2.24) is 0 Å². The Morgan fingerprint density at radius 1 is 0.636 bits per heavy atom. The lowest BCUT2D eigenvalue weighted by Crippen LogP contribution is -2.46. The average molecular weight is 607 g/mol. The highest BCUT2D eigenvalue weighted by Gasteiger charge is 2.49. The molecule has 0 heterocycles. The van der Waals surface area contributed by atoms with Crippen molar-refractivity contribution in [2.24, 2.45) is 0 Å². The van der Waals surface area contributed by atoms with Crippen LogP contribution < -0.4 is 9.47 Å². The second-order valence-electron chi connectivity index (χ2n) is 12.2. The van der Waals surface area contributed by atoms with Crippen LogP contribution in [0, 0.1) is 0 Å². The van der Waals surface area contributed by atoms with Gasteiger partial charge in [-0.15, -0.1) is 0 Å². The van der Waals surface area contributed by atoms with Crippen LogP contribution in [-0.2, 0) is 0 Å². The molecule has 230 valence electrons. The van der Waals surface area contributed by atoms with E-state index in [0.29, 0.717) is 0 Å². The van der Waals surface area contributed by atoms with E-state index in [-0.39, 0.29) is 81.7 Å². The number of hydrogen-bond donors (Lipinski definition) is 6. The maximum Gasteiger partial charge on any atom is 0.194 e. The van der Waals surface area contributed by atoms with Gasteiger partial charge in [-0.1, -0.05) is 0 Å². The molecule has 4 aliphatic rings. The Hall–Kier alpha value is -4.36. The van der Waals surface area contributed by atoms with Gasteiger partial charge in [-0.25, -0.2) is 0 Å². The van der Waals surface area contributed by atoms with Crippen molar-refractivity contribution in [3.63, 3.8) is 0 Å². The lowest BCUT2D eigenvalue weighted by Gasteiger charge is -2.38. The van der Waals surface area contributed by atoms with E-state index in [1.165, 1.54) is 34.1 Å². The predicted molar refractivity (Wildman–Crippen MR) is 151 cm³/mol. The van der Waals surface area contributed by atoms with Crippen molar-refractivity contribution < 1.29 is 59.3 Å². The van der Waals surface area contributed by atoms with Crippen molar-refractivity contribution >= 4 is 23.1 Å². The van der Waals surface area contributed by atoms with Gasteiger partial charge < -0.3 is 40.1 Å². The molecule has 0 bridgehead atoms. The molecule has 0 saturated heterocycles. The summed E-state index contributed by atoms with van der Waals surface area (Å²) in [6.45, 7) is 2.67. The van der Waals surface area contributed by atoms with Crippen LogP contribution in [0.4, 0.5) is 0 Å². The monoisotopic (exact) mass is 606 g/mol. The zero-order valence-electron chi connectivity index (χ0n) is 24.3. The van der Waals surface area contributed by atoms with Gasteiger partial charge in [-0.2, -0.15) is 0 Å². The minimum absolute atomic E-state index is 0.00150. The number of phenols is 2. The Bertz CT molecular complexity index is 1810. The van der Waals surface area contributed by atoms with Crippen LogP contribution in [0.1, 0.15) is 81.0 Å². The molecule has 6 N–H and O–H groups in total. The summed E-state index contributed by atoms with van der Waals surface area (Å²) in [7, 11) is 2.44. The number of fused-ring (bicyclic) bond motifs is 2. The summed E-state index contributed by atoms with van der Waals surface area (Å²) in [5.74, 6) is -4.73. The van der Waals surface area contributed by atoms with Gasteiger partial charge in [-0.05, 0) is 19.9 Å². The molecule has 4 aliphatic carbocycles. The predicted octanol–water partition coefficient (Wildman–Crippen LogP) is 1.94. The third kappa shape index (κ3) is 3.91. The molecule has 12 nitrogen and oxygen atoms in total. The standard InChI is InChI=1S/C32H30O12/c1-31(41)9-14-11(6-19(31)34)27(37)21-13(26(14)36)5-17(43-3)24(30(21)40)23-18(44-4)8-16(33)22-25(23)29(39)15-10-32(2,42)20(35)7-12(15)28(22)38/h5,8,19-20,33-35,40-42H,6-7,9-10H2,1-4H3/t19-,20-,31+,32+/m1/s1. The summed E-state index contributed by atoms with van der Waals surface area (Å²) >= 11 is 0. The van der Waals surface area contributed by atoms with Crippen molar-refractivity contribution in [2.75, 3.05) is 14.2 Å². The molecule has 0 spiro atoms. The van der Waals surface area contributed by atoms with Gasteiger partial charge in [0.1, 0.15) is 23.0 Å². The molecule has 2 aromatic rings. The first-order valence-electron chi connectivity index (χ1n) is 13.9. The fourth-order valence-corrected chi connectivity index (χ4v) is 6.71. The number of rotatable bonds is 3. The quantitative estimate of drug-likeness (QED) is 0.296. The first-order valence-corrected chi connectivity index (χ1v) is 13.9. The maximum absolute atomic E-state index is 14.1. The van der Waals surface area contributed by atoms with E-state index in [0.717, 1.165) is 6.07 Å². The van der Waals surface area contributed by atoms with Crippen LogP contribution >= 0.6 is 0 Å². The van der Waals surface area contributed by atoms with E-state index in [1.807, 2.05) is 0 Å². The number of carbonyl (C=O) groups excluding carboxylic acids is 4. The fourth-order valence-electron chi connectivity index (χ4n) is 6.71. The molecule has 0 saturated carbocycles. The zero-order valence-corrected chi connectivity index (χ0v) is 24.3. The Morgan fingerprint density at radius 3 is 1.61 bits per heavy atom. The maximum atomic E-state index is 14.1. The lowest BCUT2D eigenvalue weighted by atomic mass is 9.69. The van der Waals surface area contributed by atoms with Crippen LogP contribution in [0.2, 0.25) is 0 Å². The smallest absolute Gasteiger partial charge is 0.194 e. The highest BCUT2D eigenvalue weighted by molar-refractivity contribution is 6.32. The van der Waals surface area contributed by atoms with E-state index in [9.17, 15) is 49.8 Å². The molecule has 4 atom stereocenters. The second-order valence-corrected chi connectivity index (χ2v) is 12.2. The number of aromatic hydroxyl groups is 2. The summed E-state index contributed by atoms with van der Waals surface area (Å²) < 4.78 is 11.0. The van der Waals surface area contributed by atoms with Crippen molar-refractivity contribution in [3.05, 3.63) is 56.7 Å². The molecule has 0 aliphatic heterocycles. The largest absolute Gasteiger partial charge is 0.507 e. The molecule has 6 rings (SSSR count). The Morgan fingerprint density at radius 2 is 1.09 bits per heavy atom. The topological polar surface area (TPSA) is 208 Å². The normalized spacial score (nSPS) is 28.0. The zero-order chi connectivity index (χ0) is 32.2. The van der Waals surface area contributed by atoms with Crippen LogP contribution in [-0.4, -0.2) is 91.4 Å². The van der Waals surface area contributed by atoms with Gasteiger partial charge in [0.2, 0.25) is 0 Å². The van der Waals surface area contributed by atoms with E-state index < -0.39 is 69.2 Å². The summed E-state index contributed by atoms with van der Waals surface area (Å²) in [5, 5.41) is 64.9. The van der Waals surface area contributed by atoms with E-state index >= 15 is 0 Å². The highest BCUT2D eigenvalue weighted by Crippen LogP contribution is 2.54. The molecular weight excluding hydrogens is 576 g/mol. The Labute approximate surface area is 250 Å². The summed E-state index contributed by atoms with van der Waals surface area (Å²) in [6.07, 6.45) is -4.08. The number of benzene rings is 2. The number of aliphatic hydroxyl groups excluding tert-OH is 2. The minimum Gasteiger partial charge on any atom is -0.507 e. The van der Waals surface area contributed by atoms with Crippen LogP contribution in [0.5, 0.6) is 23.0 Å². The molecule has 0 fully saturated rings. The van der Waals surface area contributed by atoms with Crippen LogP contribution in [0.25, 0.3) is 11.1 Å². The first-order chi connectivity index (χ1) is 20.5. The van der Waals surface area contributed by atoms with Gasteiger partial charge in [0.15, 0.2) is 23.1 Å². The van der Waals surface area contributed by atoms with Crippen molar-refractivity contribution in [1.29, 1.82) is 0 Å². The van der Waals surface area contributed by atoms with Crippen LogP contribution in [0.15, 0.2) is 34.4 Å². The molecule has 2 aromatic carbocycles. The van der Waals surface area contributed by atoms with Crippen molar-refractivity contribution in [3.8, 4) is 34.1 Å². The van der Waals surface area contributed by atoms with Crippen LogP contribution in [0.3, 0.4) is 0 Å². The van der Waals surface area contributed by atoms with Gasteiger partial charge in [0.25, 0.3) is 0 Å². The van der Waals surface area contributed by atoms with E-state index in [2.05, 4.69) is 0 Å². The Balaban J connectivity index is 1.64. The number of hydrogen-bond acceptors (Lipinski definition) is 12. The number of ketones is 4. The van der Waals surface area contributed by atoms with Gasteiger partial charge >= 0.3 is 0 Å². The molecule has 0 unspecified atom stereocenters. The molecule has 0 aromatic heterocycles. The number of methoxy groups -OCH3 is 2. The molecule has 44 heavy (non-hydrogen) atoms. The van der Waals surface area contributed by atoms with Crippen molar-refractivity contribution in [2.45, 2.75) is 62.9 Å². The number of ether oxygens (including phenoxy) is 2. The van der Waals surface area contributed by atoms with E-state index in [1.54, 1.807) is 0 Å². The molecule has 12 heteroatoms. The molecule has 0 amide bonds. The number of carbonyl (C=O) groups is 4. The van der Waals surface area contributed by atoms with E-state index in [4.69, 9.17) is 9.47 Å². The third-order valence-electron chi connectivity index (χ3n) is 9.28. The second kappa shape index (κ2) is 9.57. The number of aliphatic hydroxyl groups is 4. The third-order valence-corrected chi connectivity index (χ3v) is 9.28. The van der Waals surface area contributed by atoms with Gasteiger partial charge in [0, 0.05) is 70.7 Å². The minimum atomic E-state index is -1.74. The Kier molecular flexibility index (Phi) is 6.46. The SMILES string of the molecule is COc1cc2c(c(O)c1-c1c(OC)cc(O)c3c1C(=O)C1=C(C[C@@H](O)[C@@](C)(O)C1)C3=O)C(=O)C1=C(C[C@](C)(O)[C@H](O)C1)C2=O. The lowest BCUT2D eigenvalue weighted by molar-refractivity contribution is -0.0651. The highest BCUT2D eigenvalue weighted by atomic mass is 16.5. The number of Topliss-reactive ketones (excluding diaryl/α,β-unsaturated/α-hetero) is 4. The van der Waals surface area contributed by atoms with Gasteiger partial charge in [0.05, 0.1) is 54.3 Å². The average Bonchev–Trinajstić information content (AvgIpc) is 2.95. The first kappa shape index (κ1) is 29.7. The molecular formula is C32H30O12. The summed E-state index contributed by atoms with van der Waals surface area (Å²) in [5.41, 5.74) is -5.60. The number of phenolic OH excluding ortho intramolecular Hbond substituents is 2. The van der Waals surface area contributed by atoms with Gasteiger partial charge in [-0.3, -0.25) is 19.2 Å². The summed E-state index contributed by atoms with van der Waals surface area (Å²) in [4.78, 5) is 55.3.